The van der Waals surface area contributed by atoms with Gasteiger partial charge >= 0.3 is 0 Å². The number of nitrogens with one attached hydrogen (secondary N) is 1. The molecule has 3 heterocycles. The Kier molecular flexibility index (Phi) is 6.45. The first kappa shape index (κ1) is 29.2. The smallest absolute Gasteiger partial charge is 0.169 e. The Balaban J connectivity index is 1.14. The number of amidine groups is 2. The van der Waals surface area contributed by atoms with Gasteiger partial charge in [0, 0.05) is 53.0 Å². The Labute approximate surface area is 303 Å². The Bertz CT molecular complexity index is 3110. The molecule has 5 heteroatoms. The highest BCUT2D eigenvalue weighted by Gasteiger charge is 2.24. The average Bonchev–Trinajstić information content (AvgIpc) is 3.76. The molecule has 1 N–H and O–H groups in total. The molecule has 244 valence electrons. The largest absolute Gasteiger partial charge is 0.324 e. The zero-order valence-corrected chi connectivity index (χ0v) is 28.8. The van der Waals surface area contributed by atoms with Crippen molar-refractivity contribution in [3.8, 4) is 5.69 Å². The minimum Gasteiger partial charge on any atom is -0.324 e. The zero-order valence-electron chi connectivity index (χ0n) is 28.0. The molecule has 0 bridgehead atoms. The van der Waals surface area contributed by atoms with Crippen molar-refractivity contribution in [2.45, 2.75) is 6.17 Å². The van der Waals surface area contributed by atoms with E-state index in [-0.39, 0.29) is 0 Å². The average molecular weight is 683 g/mol. The predicted molar refractivity (Wildman–Crippen MR) is 221 cm³/mol. The van der Waals surface area contributed by atoms with Gasteiger partial charge in [0.1, 0.15) is 11.7 Å². The lowest BCUT2D eigenvalue weighted by Crippen LogP contribution is -2.36. The summed E-state index contributed by atoms with van der Waals surface area (Å²) >= 11 is 1.82. The molecule has 2 aromatic heterocycles. The number of para-hydroxylation sites is 1. The number of nitrogens with zero attached hydrogens (tertiary/aromatic N) is 3. The van der Waals surface area contributed by atoms with Crippen LogP contribution in [0.5, 0.6) is 0 Å². The first-order valence-corrected chi connectivity index (χ1v) is 18.4. The van der Waals surface area contributed by atoms with Gasteiger partial charge in [-0.15, -0.1) is 11.3 Å². The van der Waals surface area contributed by atoms with Crippen molar-refractivity contribution >= 4 is 86.5 Å². The molecule has 0 aliphatic carbocycles. The highest BCUT2D eigenvalue weighted by Crippen LogP contribution is 2.40. The van der Waals surface area contributed by atoms with Crippen LogP contribution in [0.2, 0.25) is 0 Å². The van der Waals surface area contributed by atoms with Crippen LogP contribution in [0.25, 0.3) is 69.2 Å². The van der Waals surface area contributed by atoms with Crippen LogP contribution in [0.4, 0.5) is 0 Å². The summed E-state index contributed by atoms with van der Waals surface area (Å²) < 4.78 is 4.97. The Morgan fingerprint density at radius 3 is 2.00 bits per heavy atom. The van der Waals surface area contributed by atoms with E-state index >= 15 is 0 Å². The van der Waals surface area contributed by atoms with Gasteiger partial charge < -0.3 is 9.88 Å². The molecule has 52 heavy (non-hydrogen) atoms. The molecule has 4 nitrogen and oxygen atoms in total. The number of thiophene rings is 1. The van der Waals surface area contributed by atoms with Gasteiger partial charge in [0.05, 0.1) is 16.7 Å². The van der Waals surface area contributed by atoms with Crippen LogP contribution in [-0.4, -0.2) is 16.2 Å². The van der Waals surface area contributed by atoms with Crippen molar-refractivity contribution < 1.29 is 0 Å². The number of hydrogen-bond acceptors (Lipinski definition) is 4. The molecule has 0 spiro atoms. The van der Waals surface area contributed by atoms with E-state index in [1.54, 1.807) is 0 Å². The monoisotopic (exact) mass is 682 g/mol. The summed E-state index contributed by atoms with van der Waals surface area (Å²) in [6.07, 6.45) is -0.457. The zero-order chi connectivity index (χ0) is 34.2. The SMILES string of the molecule is c1ccc(C2=NC(c3cc(-n4c5ccccc5c5c6ccccc6ccc54)c4ccccc4c3)N=C(c3ccc4c(c3)sc3ccccc34)N2)cc1. The second kappa shape index (κ2) is 11.5. The molecule has 11 rings (SSSR count). The minimum atomic E-state index is -0.457. The summed E-state index contributed by atoms with van der Waals surface area (Å²) in [6.45, 7) is 0. The fourth-order valence-corrected chi connectivity index (χ4v) is 9.15. The fourth-order valence-electron chi connectivity index (χ4n) is 8.01. The quantitative estimate of drug-likeness (QED) is 0.197. The van der Waals surface area contributed by atoms with Gasteiger partial charge in [-0.2, -0.15) is 0 Å². The van der Waals surface area contributed by atoms with Gasteiger partial charge in [-0.1, -0.05) is 133 Å². The van der Waals surface area contributed by atoms with Crippen LogP contribution in [0.3, 0.4) is 0 Å². The molecule has 0 amide bonds. The van der Waals surface area contributed by atoms with Crippen molar-refractivity contribution in [1.82, 2.24) is 9.88 Å². The van der Waals surface area contributed by atoms with E-state index in [1.807, 2.05) is 17.4 Å². The normalized spacial score (nSPS) is 14.7. The maximum absolute atomic E-state index is 5.37. The molecule has 0 radical (unpaired) electrons. The van der Waals surface area contributed by atoms with Crippen molar-refractivity contribution in [3.63, 3.8) is 0 Å². The van der Waals surface area contributed by atoms with Crippen molar-refractivity contribution in [1.29, 1.82) is 0 Å². The Morgan fingerprint density at radius 1 is 0.462 bits per heavy atom. The number of fused-ring (bicyclic) bond motifs is 9. The number of benzene rings is 8. The molecule has 1 unspecified atom stereocenters. The van der Waals surface area contributed by atoms with Gasteiger partial charge in [-0.3, -0.25) is 0 Å². The standard InChI is InChI=1S/C47H30N4S/c1-2-13-30(14-3-1)45-48-46(32-22-24-37-36-18-9-11-21-42(36)52-43(37)28-32)50-47(49-45)33-26-31-15-5-6-16-34(31)41(27-33)51-39-20-10-8-19-38(39)44-35-17-7-4-12-29(35)23-25-40(44)51/h1-28,47H,(H,48,49,50). The van der Waals surface area contributed by atoms with Crippen LogP contribution in [0.15, 0.2) is 180 Å². The number of aromatic nitrogens is 1. The first-order valence-electron chi connectivity index (χ1n) is 17.6. The summed E-state index contributed by atoms with van der Waals surface area (Å²) in [5.74, 6) is 1.63. The van der Waals surface area contributed by atoms with E-state index in [2.05, 4.69) is 174 Å². The van der Waals surface area contributed by atoms with E-state index < -0.39 is 6.17 Å². The first-order chi connectivity index (χ1) is 25.8. The molecular formula is C47H30N4S. The second-order valence-electron chi connectivity index (χ2n) is 13.4. The van der Waals surface area contributed by atoms with E-state index in [4.69, 9.17) is 9.98 Å². The number of hydrogen-bond donors (Lipinski definition) is 1. The molecule has 0 saturated heterocycles. The molecule has 1 atom stereocenters. The predicted octanol–water partition coefficient (Wildman–Crippen LogP) is 12.0. The van der Waals surface area contributed by atoms with Crippen LogP contribution >= 0.6 is 11.3 Å². The number of aliphatic imine (C=N–C) groups is 2. The lowest BCUT2D eigenvalue weighted by molar-refractivity contribution is 0.756. The third-order valence-corrected chi connectivity index (χ3v) is 11.5. The lowest BCUT2D eigenvalue weighted by Gasteiger charge is -2.23. The Hall–Kier alpha value is -6.56. The summed E-state index contributed by atoms with van der Waals surface area (Å²) in [5.41, 5.74) is 6.59. The molecule has 1 aliphatic heterocycles. The van der Waals surface area contributed by atoms with Crippen LogP contribution < -0.4 is 5.32 Å². The van der Waals surface area contributed by atoms with E-state index in [1.165, 1.54) is 58.1 Å². The molecule has 0 fully saturated rings. The highest BCUT2D eigenvalue weighted by molar-refractivity contribution is 7.25. The second-order valence-corrected chi connectivity index (χ2v) is 14.5. The summed E-state index contributed by atoms with van der Waals surface area (Å²) in [5, 5.41) is 13.5. The van der Waals surface area contributed by atoms with Crippen molar-refractivity contribution in [3.05, 3.63) is 187 Å². The maximum Gasteiger partial charge on any atom is 0.169 e. The lowest BCUT2D eigenvalue weighted by atomic mass is 10.0. The van der Waals surface area contributed by atoms with Crippen molar-refractivity contribution in [2.75, 3.05) is 0 Å². The van der Waals surface area contributed by atoms with E-state index in [0.29, 0.717) is 0 Å². The van der Waals surface area contributed by atoms with Crippen molar-refractivity contribution in [2.24, 2.45) is 9.98 Å². The van der Waals surface area contributed by atoms with Gasteiger partial charge in [0.25, 0.3) is 0 Å². The summed E-state index contributed by atoms with van der Waals surface area (Å²) in [6, 6.07) is 60.9. The molecule has 1 aliphatic rings. The van der Waals surface area contributed by atoms with Gasteiger partial charge in [-0.05, 0) is 52.6 Å². The van der Waals surface area contributed by atoms with E-state index in [0.717, 1.165) is 39.4 Å². The third kappa shape index (κ3) is 4.53. The maximum atomic E-state index is 5.37. The summed E-state index contributed by atoms with van der Waals surface area (Å²) in [7, 11) is 0. The highest BCUT2D eigenvalue weighted by atomic mass is 32.1. The molecular weight excluding hydrogens is 653 g/mol. The molecule has 8 aromatic carbocycles. The minimum absolute atomic E-state index is 0.457. The van der Waals surface area contributed by atoms with Crippen LogP contribution in [-0.2, 0) is 0 Å². The van der Waals surface area contributed by atoms with Gasteiger partial charge in [0.15, 0.2) is 6.17 Å². The summed E-state index contributed by atoms with van der Waals surface area (Å²) in [4.78, 5) is 10.7. The molecule has 0 saturated carbocycles. The fraction of sp³-hybridized carbons (Fsp3) is 0.0213. The van der Waals surface area contributed by atoms with Crippen LogP contribution in [0.1, 0.15) is 22.9 Å². The van der Waals surface area contributed by atoms with E-state index in [9.17, 15) is 0 Å². The molecule has 10 aromatic rings. The third-order valence-electron chi connectivity index (χ3n) is 10.4. The topological polar surface area (TPSA) is 41.7 Å². The number of rotatable bonds is 4. The van der Waals surface area contributed by atoms with Gasteiger partial charge in [-0.25, -0.2) is 9.98 Å². The Morgan fingerprint density at radius 2 is 1.13 bits per heavy atom. The van der Waals surface area contributed by atoms with Crippen LogP contribution in [0, 0.1) is 0 Å². The van der Waals surface area contributed by atoms with Gasteiger partial charge in [0.2, 0.25) is 0 Å².